The Hall–Kier alpha value is -2.15. The molecule has 0 aromatic heterocycles. The van der Waals surface area contributed by atoms with E-state index in [1.165, 1.54) is 0 Å². The first-order valence-corrected chi connectivity index (χ1v) is 11.0. The van der Waals surface area contributed by atoms with E-state index < -0.39 is 6.04 Å². The predicted octanol–water partition coefficient (Wildman–Crippen LogP) is 2.61. The van der Waals surface area contributed by atoms with Gasteiger partial charge in [0.1, 0.15) is 6.04 Å². The summed E-state index contributed by atoms with van der Waals surface area (Å²) in [6, 6.07) is 6.93. The molecule has 1 aromatic carbocycles. The van der Waals surface area contributed by atoms with Gasteiger partial charge in [-0.15, -0.1) is 0 Å². The number of carbonyl (C=O) groups excluding carboxylic acids is 2. The van der Waals surface area contributed by atoms with Crippen LogP contribution in [-0.4, -0.2) is 53.5 Å². The maximum atomic E-state index is 13.0. The Kier molecular flexibility index (Phi) is 8.89. The summed E-state index contributed by atoms with van der Waals surface area (Å²) in [7, 11) is 0. The fraction of sp³-hybridized carbons (Fsp3) is 0.591. The summed E-state index contributed by atoms with van der Waals surface area (Å²) in [5.41, 5.74) is 1.67. The second-order valence-electron chi connectivity index (χ2n) is 7.80. The number of likely N-dealkylation sites (tertiary alicyclic amines) is 1. The fourth-order valence-electron chi connectivity index (χ4n) is 3.46. The molecule has 1 fully saturated rings. The third-order valence-corrected chi connectivity index (χ3v) is 5.91. The Morgan fingerprint density at radius 3 is 2.31 bits per heavy atom. The number of piperidine rings is 1. The summed E-state index contributed by atoms with van der Waals surface area (Å²) < 4.78 is 0. The summed E-state index contributed by atoms with van der Waals surface area (Å²) >= 11 is 5.41. The minimum atomic E-state index is -0.548. The maximum Gasteiger partial charge on any atom is 0.251 e. The van der Waals surface area contributed by atoms with Crippen molar-refractivity contribution in [3.8, 4) is 0 Å². The van der Waals surface area contributed by atoms with Gasteiger partial charge in [0.15, 0.2) is 5.11 Å². The van der Waals surface area contributed by atoms with Crippen LogP contribution in [0.15, 0.2) is 24.3 Å². The van der Waals surface area contributed by atoms with Gasteiger partial charge in [0.05, 0.1) is 0 Å². The number of nitrogens with one attached hydrogen (secondary N) is 3. The molecular weight excluding hydrogens is 384 g/mol. The van der Waals surface area contributed by atoms with Gasteiger partial charge in [-0.1, -0.05) is 24.6 Å². The number of nitrogens with zero attached hydrogens (tertiary/aromatic N) is 1. The minimum absolute atomic E-state index is 0.0719. The number of hydrogen-bond acceptors (Lipinski definition) is 3. The van der Waals surface area contributed by atoms with Crippen LogP contribution in [0.5, 0.6) is 0 Å². The van der Waals surface area contributed by atoms with Crippen LogP contribution in [0.3, 0.4) is 0 Å². The quantitative estimate of drug-likeness (QED) is 0.594. The molecular formula is C22H34N4O2S. The summed E-state index contributed by atoms with van der Waals surface area (Å²) in [6.07, 6.45) is 2.45. The lowest BCUT2D eigenvalue weighted by Crippen LogP contribution is -2.55. The van der Waals surface area contributed by atoms with Crippen LogP contribution in [0.25, 0.3) is 0 Å². The first kappa shape index (κ1) is 23.1. The molecule has 2 rings (SSSR count). The van der Waals surface area contributed by atoms with Gasteiger partial charge >= 0.3 is 0 Å². The molecule has 29 heavy (non-hydrogen) atoms. The molecule has 0 radical (unpaired) electrons. The third kappa shape index (κ3) is 6.70. The van der Waals surface area contributed by atoms with E-state index in [0.29, 0.717) is 5.56 Å². The molecule has 7 heteroatoms. The van der Waals surface area contributed by atoms with Crippen LogP contribution >= 0.6 is 12.2 Å². The van der Waals surface area contributed by atoms with Crippen LogP contribution < -0.4 is 16.0 Å². The van der Waals surface area contributed by atoms with E-state index in [1.807, 2.05) is 39.8 Å². The van der Waals surface area contributed by atoms with Crippen molar-refractivity contribution < 1.29 is 9.59 Å². The van der Waals surface area contributed by atoms with Gasteiger partial charge in [-0.25, -0.2) is 0 Å². The average Bonchev–Trinajstić information content (AvgIpc) is 2.72. The van der Waals surface area contributed by atoms with Gasteiger partial charge in [-0.2, -0.15) is 0 Å². The lowest BCUT2D eigenvalue weighted by molar-refractivity contribution is -0.125. The number of amides is 2. The third-order valence-electron chi connectivity index (χ3n) is 5.51. The molecule has 1 aromatic rings. The highest BCUT2D eigenvalue weighted by atomic mass is 32.1. The van der Waals surface area contributed by atoms with Gasteiger partial charge in [0.25, 0.3) is 5.91 Å². The summed E-state index contributed by atoms with van der Waals surface area (Å²) in [6.45, 7) is 10.4. The number of hydrogen-bond donors (Lipinski definition) is 3. The Balaban J connectivity index is 2.09. The van der Waals surface area contributed by atoms with Crippen molar-refractivity contribution in [3.05, 3.63) is 35.4 Å². The van der Waals surface area contributed by atoms with Crippen molar-refractivity contribution in [3.63, 3.8) is 0 Å². The molecule has 6 nitrogen and oxygen atoms in total. The Bertz CT molecular complexity index is 699. The molecule has 0 saturated carbocycles. The van der Waals surface area contributed by atoms with Crippen LogP contribution in [0.1, 0.15) is 56.0 Å². The molecule has 1 aliphatic heterocycles. The largest absolute Gasteiger partial charge is 0.363 e. The first-order chi connectivity index (χ1) is 13.8. The Morgan fingerprint density at radius 2 is 1.76 bits per heavy atom. The second kappa shape index (κ2) is 11.1. The first-order valence-electron chi connectivity index (χ1n) is 10.6. The molecule has 2 atom stereocenters. The van der Waals surface area contributed by atoms with Crippen molar-refractivity contribution >= 4 is 29.1 Å². The smallest absolute Gasteiger partial charge is 0.251 e. The highest BCUT2D eigenvalue weighted by Gasteiger charge is 2.33. The van der Waals surface area contributed by atoms with Gasteiger partial charge in [0, 0.05) is 31.2 Å². The second-order valence-corrected chi connectivity index (χ2v) is 8.18. The van der Waals surface area contributed by atoms with Crippen molar-refractivity contribution in [2.24, 2.45) is 5.92 Å². The molecule has 160 valence electrons. The Morgan fingerprint density at radius 1 is 1.14 bits per heavy atom. The van der Waals surface area contributed by atoms with E-state index in [1.54, 1.807) is 12.1 Å². The van der Waals surface area contributed by atoms with Crippen LogP contribution in [0.4, 0.5) is 0 Å². The van der Waals surface area contributed by atoms with E-state index in [2.05, 4.69) is 20.9 Å². The lowest BCUT2D eigenvalue weighted by Gasteiger charge is -2.37. The molecule has 0 bridgehead atoms. The maximum absolute atomic E-state index is 13.0. The van der Waals surface area contributed by atoms with E-state index >= 15 is 0 Å². The van der Waals surface area contributed by atoms with Crippen molar-refractivity contribution in [1.29, 1.82) is 0 Å². The molecule has 1 saturated heterocycles. The predicted molar refractivity (Wildman–Crippen MR) is 121 cm³/mol. The summed E-state index contributed by atoms with van der Waals surface area (Å²) in [5.74, 6) is -0.235. The van der Waals surface area contributed by atoms with E-state index in [9.17, 15) is 9.59 Å². The zero-order chi connectivity index (χ0) is 21.4. The highest BCUT2D eigenvalue weighted by Crippen LogP contribution is 2.22. The molecule has 0 spiro atoms. The number of thiocarbonyl (C=S) groups is 1. The zero-order valence-electron chi connectivity index (χ0n) is 18.0. The molecule has 1 aliphatic rings. The van der Waals surface area contributed by atoms with Gasteiger partial charge < -0.3 is 20.9 Å². The van der Waals surface area contributed by atoms with Crippen molar-refractivity contribution in [2.75, 3.05) is 19.6 Å². The average molecular weight is 419 g/mol. The van der Waals surface area contributed by atoms with Crippen molar-refractivity contribution in [1.82, 2.24) is 20.9 Å². The summed E-state index contributed by atoms with van der Waals surface area (Å²) in [4.78, 5) is 27.9. The summed E-state index contributed by atoms with van der Waals surface area (Å²) in [5, 5.41) is 9.99. The number of aryl methyl sites for hydroxylation is 1. The molecule has 0 aliphatic carbocycles. The van der Waals surface area contributed by atoms with Gasteiger partial charge in [0.2, 0.25) is 5.91 Å². The van der Waals surface area contributed by atoms with Crippen LogP contribution in [0, 0.1) is 12.8 Å². The van der Waals surface area contributed by atoms with Crippen molar-refractivity contribution in [2.45, 2.75) is 59.0 Å². The zero-order valence-corrected chi connectivity index (χ0v) is 18.8. The van der Waals surface area contributed by atoms with E-state index in [0.717, 1.165) is 49.6 Å². The standard InChI is InChI=1S/C22H34N4O2S/c1-5-16(4)24-21(28)19(25-20(27)18-9-7-15(3)8-10-18)17-11-13-26(14-12-17)22(29)23-6-2/h7-10,16-17,19H,5-6,11-14H2,1-4H3,(H,23,29)(H,24,28)(H,25,27)/t16-,19-/m0/s1. The van der Waals surface area contributed by atoms with Crippen LogP contribution in [0.2, 0.25) is 0 Å². The lowest BCUT2D eigenvalue weighted by atomic mass is 9.88. The van der Waals surface area contributed by atoms with E-state index in [4.69, 9.17) is 12.2 Å². The molecule has 2 amide bonds. The molecule has 0 unspecified atom stereocenters. The molecule has 1 heterocycles. The van der Waals surface area contributed by atoms with Gasteiger partial charge in [-0.3, -0.25) is 9.59 Å². The monoisotopic (exact) mass is 418 g/mol. The highest BCUT2D eigenvalue weighted by molar-refractivity contribution is 7.80. The normalized spacial score (nSPS) is 16.6. The van der Waals surface area contributed by atoms with Gasteiger partial charge in [-0.05, 0) is 70.3 Å². The minimum Gasteiger partial charge on any atom is -0.363 e. The number of rotatable bonds is 7. The molecule has 3 N–H and O–H groups in total. The number of carbonyl (C=O) groups is 2. The Labute approximate surface area is 179 Å². The number of benzene rings is 1. The topological polar surface area (TPSA) is 73.5 Å². The SMILES string of the molecule is CCNC(=S)N1CCC([C@H](NC(=O)c2ccc(C)cc2)C(=O)N[C@@H](C)CC)CC1. The van der Waals surface area contributed by atoms with E-state index in [-0.39, 0.29) is 23.8 Å². The van der Waals surface area contributed by atoms with Crippen LogP contribution in [-0.2, 0) is 4.79 Å². The fourth-order valence-corrected chi connectivity index (χ4v) is 3.79.